The SMILES string of the molecule is Cc1cc(NC(=O)N2CC(C)CC(C(=O)O)C2)c(C)cn1. The number of aryl methyl sites for hydroxylation is 2. The number of amides is 2. The Kier molecular flexibility index (Phi) is 4.45. The van der Waals surface area contributed by atoms with Gasteiger partial charge in [-0.3, -0.25) is 9.78 Å². The van der Waals surface area contributed by atoms with Gasteiger partial charge in [-0.25, -0.2) is 4.79 Å². The van der Waals surface area contributed by atoms with Crippen molar-refractivity contribution >= 4 is 17.7 Å². The molecule has 0 aliphatic carbocycles. The fraction of sp³-hybridized carbons (Fsp3) is 0.533. The number of aliphatic carboxylic acids is 1. The third-order valence-electron chi connectivity index (χ3n) is 3.78. The molecule has 1 aromatic rings. The summed E-state index contributed by atoms with van der Waals surface area (Å²) in [5, 5.41) is 12.0. The Hall–Kier alpha value is -2.11. The van der Waals surface area contributed by atoms with Gasteiger partial charge in [0.2, 0.25) is 0 Å². The first-order valence-electron chi connectivity index (χ1n) is 7.08. The molecule has 2 unspecified atom stereocenters. The number of carbonyl (C=O) groups excluding carboxylic acids is 1. The molecule has 2 N–H and O–H groups in total. The Labute approximate surface area is 124 Å². The second-order valence-corrected chi connectivity index (χ2v) is 5.85. The van der Waals surface area contributed by atoms with Gasteiger partial charge in [-0.05, 0) is 37.8 Å². The lowest BCUT2D eigenvalue weighted by Gasteiger charge is -2.34. The molecule has 6 nitrogen and oxygen atoms in total. The van der Waals surface area contributed by atoms with E-state index in [1.165, 1.54) is 0 Å². The van der Waals surface area contributed by atoms with Crippen LogP contribution in [0.5, 0.6) is 0 Å². The maximum atomic E-state index is 12.3. The van der Waals surface area contributed by atoms with Gasteiger partial charge in [0, 0.05) is 30.7 Å². The third-order valence-corrected chi connectivity index (χ3v) is 3.78. The van der Waals surface area contributed by atoms with Gasteiger partial charge in [-0.15, -0.1) is 0 Å². The Bertz CT molecular complexity index is 559. The Morgan fingerprint density at radius 2 is 2.10 bits per heavy atom. The summed E-state index contributed by atoms with van der Waals surface area (Å²) in [6, 6.07) is 1.57. The zero-order valence-corrected chi connectivity index (χ0v) is 12.6. The fourth-order valence-corrected chi connectivity index (χ4v) is 2.65. The van der Waals surface area contributed by atoms with Crippen LogP contribution in [0.2, 0.25) is 0 Å². The number of carboxylic acid groups (broad SMARTS) is 1. The van der Waals surface area contributed by atoms with Gasteiger partial charge >= 0.3 is 12.0 Å². The molecule has 2 rings (SSSR count). The van der Waals surface area contributed by atoms with Crippen molar-refractivity contribution in [3.8, 4) is 0 Å². The van der Waals surface area contributed by atoms with E-state index >= 15 is 0 Å². The quantitative estimate of drug-likeness (QED) is 0.875. The molecule has 0 saturated carbocycles. The summed E-state index contributed by atoms with van der Waals surface area (Å²) in [6.45, 7) is 6.55. The molecule has 0 radical (unpaired) electrons. The molecular weight excluding hydrogens is 270 g/mol. The van der Waals surface area contributed by atoms with Crippen LogP contribution in [0.15, 0.2) is 12.3 Å². The van der Waals surface area contributed by atoms with Crippen LogP contribution in [0.25, 0.3) is 0 Å². The van der Waals surface area contributed by atoms with E-state index in [0.717, 1.165) is 16.9 Å². The zero-order chi connectivity index (χ0) is 15.6. The number of anilines is 1. The number of hydrogen-bond acceptors (Lipinski definition) is 3. The molecule has 1 saturated heterocycles. The van der Waals surface area contributed by atoms with Crippen molar-refractivity contribution in [3.63, 3.8) is 0 Å². The molecule has 0 aromatic carbocycles. The van der Waals surface area contributed by atoms with Crippen molar-refractivity contribution < 1.29 is 14.7 Å². The number of pyridine rings is 1. The van der Waals surface area contributed by atoms with E-state index in [9.17, 15) is 9.59 Å². The summed E-state index contributed by atoms with van der Waals surface area (Å²) < 4.78 is 0. The number of urea groups is 1. The van der Waals surface area contributed by atoms with Crippen molar-refractivity contribution in [3.05, 3.63) is 23.5 Å². The number of carboxylic acids is 1. The molecule has 1 aliphatic heterocycles. The minimum absolute atomic E-state index is 0.186. The molecule has 1 fully saturated rings. The van der Waals surface area contributed by atoms with Crippen molar-refractivity contribution in [2.45, 2.75) is 27.2 Å². The van der Waals surface area contributed by atoms with Gasteiger partial charge in [0.15, 0.2) is 0 Å². The van der Waals surface area contributed by atoms with Crippen molar-refractivity contribution in [2.24, 2.45) is 11.8 Å². The topological polar surface area (TPSA) is 82.5 Å². The smallest absolute Gasteiger partial charge is 0.321 e. The molecule has 2 amide bonds. The Morgan fingerprint density at radius 3 is 2.76 bits per heavy atom. The van der Waals surface area contributed by atoms with Crippen LogP contribution in [0.3, 0.4) is 0 Å². The highest BCUT2D eigenvalue weighted by Gasteiger charge is 2.32. The fourth-order valence-electron chi connectivity index (χ4n) is 2.65. The van der Waals surface area contributed by atoms with Gasteiger partial charge in [0.1, 0.15) is 0 Å². The molecule has 114 valence electrons. The second-order valence-electron chi connectivity index (χ2n) is 5.85. The maximum absolute atomic E-state index is 12.3. The van der Waals surface area contributed by atoms with Crippen LogP contribution in [0, 0.1) is 25.7 Å². The highest BCUT2D eigenvalue weighted by molar-refractivity contribution is 5.90. The van der Waals surface area contributed by atoms with E-state index in [-0.39, 0.29) is 18.5 Å². The molecule has 2 heterocycles. The van der Waals surface area contributed by atoms with Crippen molar-refractivity contribution in [1.29, 1.82) is 0 Å². The number of rotatable bonds is 2. The minimum Gasteiger partial charge on any atom is -0.481 e. The number of likely N-dealkylation sites (tertiary alicyclic amines) is 1. The molecule has 2 atom stereocenters. The minimum atomic E-state index is -0.838. The largest absolute Gasteiger partial charge is 0.481 e. The van der Waals surface area contributed by atoms with Crippen molar-refractivity contribution in [2.75, 3.05) is 18.4 Å². The summed E-state index contributed by atoms with van der Waals surface area (Å²) in [4.78, 5) is 29.3. The predicted molar refractivity (Wildman–Crippen MR) is 79.2 cm³/mol. The first-order valence-corrected chi connectivity index (χ1v) is 7.08. The van der Waals surface area contributed by atoms with Crippen LogP contribution >= 0.6 is 0 Å². The first kappa shape index (κ1) is 15.3. The Balaban J connectivity index is 2.08. The number of nitrogens with zero attached hydrogens (tertiary/aromatic N) is 2. The van der Waals surface area contributed by atoms with Gasteiger partial charge in [0.05, 0.1) is 5.92 Å². The first-order chi connectivity index (χ1) is 9.86. The number of aromatic nitrogens is 1. The van der Waals surface area contributed by atoms with Crippen LogP contribution < -0.4 is 5.32 Å². The number of nitrogens with one attached hydrogen (secondary N) is 1. The van der Waals surface area contributed by atoms with Gasteiger partial charge in [-0.2, -0.15) is 0 Å². The summed E-state index contributed by atoms with van der Waals surface area (Å²) in [6.07, 6.45) is 2.33. The number of hydrogen-bond donors (Lipinski definition) is 2. The highest BCUT2D eigenvalue weighted by Crippen LogP contribution is 2.23. The normalized spacial score (nSPS) is 22.0. The molecular formula is C15H21N3O3. The second kappa shape index (κ2) is 6.11. The maximum Gasteiger partial charge on any atom is 0.321 e. The lowest BCUT2D eigenvalue weighted by Crippen LogP contribution is -2.47. The lowest BCUT2D eigenvalue weighted by atomic mass is 9.91. The van der Waals surface area contributed by atoms with Gasteiger partial charge in [-0.1, -0.05) is 6.92 Å². The summed E-state index contributed by atoms with van der Waals surface area (Å²) in [5.74, 6) is -1.14. The standard InChI is InChI=1S/C15H21N3O3/c1-9-4-12(14(19)20)8-18(7-9)15(21)17-13-5-11(3)16-6-10(13)2/h5-6,9,12H,4,7-8H2,1-3H3,(H,19,20)(H,16,17,21). The third kappa shape index (κ3) is 3.71. The summed E-state index contributed by atoms with van der Waals surface area (Å²) in [5.41, 5.74) is 2.43. The number of piperidine rings is 1. The van der Waals surface area contributed by atoms with E-state index in [1.54, 1.807) is 11.1 Å². The molecule has 6 heteroatoms. The van der Waals surface area contributed by atoms with E-state index in [1.807, 2.05) is 26.8 Å². The molecule has 1 aliphatic rings. The van der Waals surface area contributed by atoms with Gasteiger partial charge in [0.25, 0.3) is 0 Å². The zero-order valence-electron chi connectivity index (χ0n) is 12.6. The molecule has 21 heavy (non-hydrogen) atoms. The van der Waals surface area contributed by atoms with E-state index in [2.05, 4.69) is 10.3 Å². The van der Waals surface area contributed by atoms with Gasteiger partial charge < -0.3 is 15.3 Å². The van der Waals surface area contributed by atoms with E-state index in [4.69, 9.17) is 5.11 Å². The highest BCUT2D eigenvalue weighted by atomic mass is 16.4. The van der Waals surface area contributed by atoms with Crippen molar-refractivity contribution in [1.82, 2.24) is 9.88 Å². The monoisotopic (exact) mass is 291 g/mol. The summed E-state index contributed by atoms with van der Waals surface area (Å²) in [7, 11) is 0. The molecule has 0 spiro atoms. The Morgan fingerprint density at radius 1 is 1.38 bits per heavy atom. The van der Waals surface area contributed by atoms with Crippen LogP contribution in [0.4, 0.5) is 10.5 Å². The van der Waals surface area contributed by atoms with E-state index < -0.39 is 11.9 Å². The molecule has 1 aromatic heterocycles. The van der Waals surface area contributed by atoms with Crippen LogP contribution in [-0.4, -0.2) is 40.1 Å². The lowest BCUT2D eigenvalue weighted by molar-refractivity contribution is -0.143. The molecule has 0 bridgehead atoms. The van der Waals surface area contributed by atoms with Crippen LogP contribution in [0.1, 0.15) is 24.6 Å². The number of carbonyl (C=O) groups is 2. The average molecular weight is 291 g/mol. The van der Waals surface area contributed by atoms with Crippen LogP contribution in [-0.2, 0) is 4.79 Å². The average Bonchev–Trinajstić information content (AvgIpc) is 2.42. The predicted octanol–water partition coefficient (Wildman–Crippen LogP) is 2.27. The summed E-state index contributed by atoms with van der Waals surface area (Å²) >= 11 is 0. The van der Waals surface area contributed by atoms with E-state index in [0.29, 0.717) is 13.0 Å².